The zero-order valence-electron chi connectivity index (χ0n) is 13.2. The summed E-state index contributed by atoms with van der Waals surface area (Å²) in [6.45, 7) is 0. The highest BCUT2D eigenvalue weighted by atomic mass is 79.9. The van der Waals surface area contributed by atoms with Crippen LogP contribution in [-0.2, 0) is 10.0 Å². The summed E-state index contributed by atoms with van der Waals surface area (Å²) < 4.78 is 33.1. The number of hydrogen-bond acceptors (Lipinski definition) is 4. The quantitative estimate of drug-likeness (QED) is 0.806. The Hall–Kier alpha value is -0.340. The van der Waals surface area contributed by atoms with Gasteiger partial charge in [0.05, 0.1) is 16.5 Å². The van der Waals surface area contributed by atoms with Gasteiger partial charge in [-0.1, -0.05) is 0 Å². The van der Waals surface area contributed by atoms with E-state index in [1.165, 1.54) is 0 Å². The molecule has 0 saturated carbocycles. The minimum atomic E-state index is -3.49. The normalized spacial score (nSPS) is 26.9. The molecule has 2 bridgehead atoms. The Kier molecular flexibility index (Phi) is 6.00. The first kappa shape index (κ1) is 19.0. The van der Waals surface area contributed by atoms with E-state index < -0.39 is 10.0 Å². The van der Waals surface area contributed by atoms with Crippen LogP contribution < -0.4 is 10.1 Å². The number of nitrogens with zero attached hydrogens (tertiary/aromatic N) is 1. The molecule has 23 heavy (non-hydrogen) atoms. The second kappa shape index (κ2) is 7.27. The molecule has 0 aliphatic carbocycles. The van der Waals surface area contributed by atoms with E-state index in [1.54, 1.807) is 36.7 Å². The average Bonchev–Trinajstić information content (AvgIpc) is 2.84. The van der Waals surface area contributed by atoms with E-state index in [0.29, 0.717) is 27.2 Å². The van der Waals surface area contributed by atoms with Crippen molar-refractivity contribution in [2.75, 3.05) is 14.2 Å². The van der Waals surface area contributed by atoms with Crippen molar-refractivity contribution < 1.29 is 13.2 Å². The van der Waals surface area contributed by atoms with Gasteiger partial charge in [-0.05, 0) is 59.8 Å². The van der Waals surface area contributed by atoms with Gasteiger partial charge in [0.25, 0.3) is 0 Å². The Labute approximate surface area is 152 Å². The molecule has 1 aromatic carbocycles. The molecule has 2 heterocycles. The SMILES string of the molecule is COc1ccc(S(=O)(=O)N(C)C2CC3CCC(C2)N3)cc1Br.Cl. The maximum absolute atomic E-state index is 12.9. The van der Waals surface area contributed by atoms with Gasteiger partial charge in [0, 0.05) is 25.2 Å². The number of benzene rings is 1. The predicted octanol–water partition coefficient (Wildman–Crippen LogP) is 2.78. The molecule has 2 aliphatic heterocycles. The van der Waals surface area contributed by atoms with Crippen LogP contribution in [0.15, 0.2) is 27.6 Å². The molecule has 0 spiro atoms. The minimum absolute atomic E-state index is 0. The zero-order chi connectivity index (χ0) is 15.9. The molecular formula is C15H22BrClN2O3S. The molecule has 2 aliphatic rings. The first-order valence-electron chi connectivity index (χ1n) is 7.49. The summed E-state index contributed by atoms with van der Waals surface area (Å²) in [5.74, 6) is 0.626. The van der Waals surface area contributed by atoms with Crippen LogP contribution in [0.4, 0.5) is 0 Å². The van der Waals surface area contributed by atoms with E-state index in [4.69, 9.17) is 4.74 Å². The Bertz CT molecular complexity index is 659. The van der Waals surface area contributed by atoms with Gasteiger partial charge in [0.2, 0.25) is 10.0 Å². The molecule has 2 fully saturated rings. The summed E-state index contributed by atoms with van der Waals surface area (Å²) in [6.07, 6.45) is 4.10. The highest BCUT2D eigenvalue weighted by Crippen LogP contribution is 2.33. The van der Waals surface area contributed by atoms with E-state index in [2.05, 4.69) is 21.2 Å². The number of nitrogens with one attached hydrogen (secondary N) is 1. The van der Waals surface area contributed by atoms with Crippen molar-refractivity contribution in [3.63, 3.8) is 0 Å². The number of rotatable bonds is 4. The van der Waals surface area contributed by atoms with Crippen LogP contribution >= 0.6 is 28.3 Å². The summed E-state index contributed by atoms with van der Waals surface area (Å²) in [4.78, 5) is 0.300. The third-order valence-electron chi connectivity index (χ3n) is 4.76. The Balaban J connectivity index is 0.00000192. The van der Waals surface area contributed by atoms with Gasteiger partial charge in [-0.25, -0.2) is 8.42 Å². The lowest BCUT2D eigenvalue weighted by molar-refractivity contribution is 0.251. The van der Waals surface area contributed by atoms with Crippen LogP contribution in [0.5, 0.6) is 5.75 Å². The Morgan fingerprint density at radius 3 is 2.39 bits per heavy atom. The van der Waals surface area contributed by atoms with Gasteiger partial charge in [0.15, 0.2) is 0 Å². The molecule has 130 valence electrons. The second-order valence-corrected chi connectivity index (χ2v) is 8.93. The first-order valence-corrected chi connectivity index (χ1v) is 9.72. The van der Waals surface area contributed by atoms with E-state index in [0.717, 1.165) is 25.7 Å². The van der Waals surface area contributed by atoms with Gasteiger partial charge < -0.3 is 10.1 Å². The molecule has 5 nitrogen and oxygen atoms in total. The van der Waals surface area contributed by atoms with Gasteiger partial charge in [-0.3, -0.25) is 0 Å². The number of sulfonamides is 1. The highest BCUT2D eigenvalue weighted by molar-refractivity contribution is 9.10. The van der Waals surface area contributed by atoms with Crippen molar-refractivity contribution in [1.82, 2.24) is 9.62 Å². The van der Waals surface area contributed by atoms with Gasteiger partial charge in [-0.15, -0.1) is 12.4 Å². The average molecular weight is 426 g/mol. The highest BCUT2D eigenvalue weighted by Gasteiger charge is 2.38. The molecule has 2 saturated heterocycles. The monoisotopic (exact) mass is 424 g/mol. The van der Waals surface area contributed by atoms with Crippen LogP contribution in [-0.4, -0.2) is 45.0 Å². The molecule has 0 aromatic heterocycles. The van der Waals surface area contributed by atoms with Crippen molar-refractivity contribution in [2.24, 2.45) is 0 Å². The van der Waals surface area contributed by atoms with E-state index >= 15 is 0 Å². The van der Waals surface area contributed by atoms with E-state index in [-0.39, 0.29) is 18.4 Å². The summed E-state index contributed by atoms with van der Waals surface area (Å²) in [5.41, 5.74) is 0. The standard InChI is InChI=1S/C15H21BrN2O3S.ClH/c1-18(12-7-10-3-4-11(8-12)17-10)22(19,20)13-5-6-15(21-2)14(16)9-13;/h5-6,9-12,17H,3-4,7-8H2,1-2H3;1H. The lowest BCUT2D eigenvalue weighted by Crippen LogP contribution is -2.48. The smallest absolute Gasteiger partial charge is 0.243 e. The lowest BCUT2D eigenvalue weighted by atomic mass is 10.0. The maximum Gasteiger partial charge on any atom is 0.243 e. The fourth-order valence-corrected chi connectivity index (χ4v) is 5.59. The molecule has 8 heteroatoms. The Morgan fingerprint density at radius 1 is 1.26 bits per heavy atom. The van der Waals surface area contributed by atoms with Gasteiger partial charge >= 0.3 is 0 Å². The zero-order valence-corrected chi connectivity index (χ0v) is 16.4. The molecule has 0 radical (unpaired) electrons. The molecule has 2 unspecified atom stereocenters. The molecule has 2 atom stereocenters. The van der Waals surface area contributed by atoms with Crippen LogP contribution in [0.25, 0.3) is 0 Å². The molecule has 0 amide bonds. The third kappa shape index (κ3) is 3.69. The predicted molar refractivity (Wildman–Crippen MR) is 95.9 cm³/mol. The molecule has 1 aromatic rings. The molecule has 1 N–H and O–H groups in total. The summed E-state index contributed by atoms with van der Waals surface area (Å²) in [7, 11) is -0.227. The third-order valence-corrected chi connectivity index (χ3v) is 7.29. The number of methoxy groups -OCH3 is 1. The van der Waals surface area contributed by atoms with E-state index in [1.807, 2.05) is 0 Å². The van der Waals surface area contributed by atoms with E-state index in [9.17, 15) is 8.42 Å². The summed E-state index contributed by atoms with van der Waals surface area (Å²) >= 11 is 3.36. The lowest BCUT2D eigenvalue weighted by Gasteiger charge is -2.34. The number of halogens is 2. The maximum atomic E-state index is 12.9. The summed E-state index contributed by atoms with van der Waals surface area (Å²) in [5, 5.41) is 3.55. The van der Waals surface area contributed by atoms with Crippen molar-refractivity contribution in [3.05, 3.63) is 22.7 Å². The minimum Gasteiger partial charge on any atom is -0.496 e. The number of hydrogen-bond donors (Lipinski definition) is 1. The topological polar surface area (TPSA) is 58.6 Å². The van der Waals surface area contributed by atoms with Gasteiger partial charge in [-0.2, -0.15) is 4.31 Å². The van der Waals surface area contributed by atoms with Crippen molar-refractivity contribution in [1.29, 1.82) is 0 Å². The van der Waals surface area contributed by atoms with Crippen LogP contribution in [0.2, 0.25) is 0 Å². The molecular weight excluding hydrogens is 404 g/mol. The van der Waals surface area contributed by atoms with Gasteiger partial charge in [0.1, 0.15) is 5.75 Å². The fraction of sp³-hybridized carbons (Fsp3) is 0.600. The largest absolute Gasteiger partial charge is 0.496 e. The van der Waals surface area contributed by atoms with Crippen molar-refractivity contribution in [3.8, 4) is 5.75 Å². The van der Waals surface area contributed by atoms with Crippen LogP contribution in [0.3, 0.4) is 0 Å². The number of ether oxygens (including phenoxy) is 1. The van der Waals surface area contributed by atoms with Crippen LogP contribution in [0.1, 0.15) is 25.7 Å². The second-order valence-electron chi connectivity index (χ2n) is 6.08. The van der Waals surface area contributed by atoms with Crippen LogP contribution in [0, 0.1) is 0 Å². The number of piperidine rings is 1. The number of fused-ring (bicyclic) bond motifs is 2. The fourth-order valence-electron chi connectivity index (χ4n) is 3.49. The first-order chi connectivity index (χ1) is 10.4. The van der Waals surface area contributed by atoms with Crippen molar-refractivity contribution >= 4 is 38.4 Å². The molecule has 3 rings (SSSR count). The van der Waals surface area contributed by atoms with Crippen molar-refractivity contribution in [2.45, 2.75) is 48.7 Å². The Morgan fingerprint density at radius 2 is 1.87 bits per heavy atom. The summed E-state index contributed by atoms with van der Waals surface area (Å²) in [6, 6.07) is 5.89.